The van der Waals surface area contributed by atoms with Gasteiger partial charge in [-0.3, -0.25) is 4.79 Å². The van der Waals surface area contributed by atoms with E-state index in [1.807, 2.05) is 27.7 Å². The van der Waals surface area contributed by atoms with Crippen molar-refractivity contribution in [3.63, 3.8) is 0 Å². The topological polar surface area (TPSA) is 75.7 Å². The van der Waals surface area contributed by atoms with Crippen molar-refractivity contribution in [3.05, 3.63) is 24.3 Å². The molecule has 0 saturated carbocycles. The molecule has 0 spiro atoms. The molecule has 0 fully saturated rings. The highest BCUT2D eigenvalue weighted by molar-refractivity contribution is 7.88. The van der Waals surface area contributed by atoms with E-state index in [0.717, 1.165) is 5.75 Å². The number of nitrogens with one attached hydrogen (secondary N) is 1. The van der Waals surface area contributed by atoms with E-state index < -0.39 is 10.0 Å². The minimum absolute atomic E-state index is 0.0911. The van der Waals surface area contributed by atoms with E-state index in [9.17, 15) is 13.2 Å². The van der Waals surface area contributed by atoms with Crippen molar-refractivity contribution in [2.75, 3.05) is 24.7 Å². The van der Waals surface area contributed by atoms with Crippen LogP contribution in [0.1, 0.15) is 34.1 Å². The molecule has 0 radical (unpaired) electrons. The van der Waals surface area contributed by atoms with Gasteiger partial charge in [0.1, 0.15) is 5.75 Å². The van der Waals surface area contributed by atoms with Crippen molar-refractivity contribution < 1.29 is 17.9 Å². The van der Waals surface area contributed by atoms with Gasteiger partial charge in [0.25, 0.3) is 0 Å². The summed E-state index contributed by atoms with van der Waals surface area (Å²) in [7, 11) is -3.31. The van der Waals surface area contributed by atoms with Gasteiger partial charge in [0.15, 0.2) is 0 Å². The van der Waals surface area contributed by atoms with Crippen molar-refractivity contribution in [2.45, 2.75) is 40.2 Å². The number of nitrogens with zero attached hydrogens (tertiary/aromatic N) is 1. The average molecular weight is 356 g/mol. The molecule has 0 saturated heterocycles. The Morgan fingerprint density at radius 3 is 2.21 bits per heavy atom. The number of benzene rings is 1. The highest BCUT2D eigenvalue weighted by Gasteiger charge is 2.18. The van der Waals surface area contributed by atoms with Crippen LogP contribution in [0.3, 0.4) is 0 Å². The van der Waals surface area contributed by atoms with Crippen LogP contribution in [0.2, 0.25) is 0 Å². The van der Waals surface area contributed by atoms with Gasteiger partial charge in [0, 0.05) is 25.2 Å². The first-order valence-corrected chi connectivity index (χ1v) is 9.94. The molecule has 0 atom stereocenters. The van der Waals surface area contributed by atoms with Crippen molar-refractivity contribution in [1.29, 1.82) is 0 Å². The quantitative estimate of drug-likeness (QED) is 0.738. The molecule has 6 nitrogen and oxygen atoms in total. The minimum Gasteiger partial charge on any atom is -0.491 e. The summed E-state index contributed by atoms with van der Waals surface area (Å²) < 4.78 is 30.4. The summed E-state index contributed by atoms with van der Waals surface area (Å²) in [6.45, 7) is 8.36. The monoisotopic (exact) mass is 356 g/mol. The Bertz CT molecular complexity index is 624. The number of carbonyl (C=O) groups excluding carboxylic acids is 1. The van der Waals surface area contributed by atoms with Crippen LogP contribution in [-0.2, 0) is 14.8 Å². The first-order valence-electron chi connectivity index (χ1n) is 8.09. The summed E-state index contributed by atoms with van der Waals surface area (Å²) in [5.41, 5.74) is 0.658. The maximum Gasteiger partial charge on any atom is 0.225 e. The van der Waals surface area contributed by atoms with Gasteiger partial charge < -0.3 is 10.1 Å². The normalized spacial score (nSPS) is 12.0. The van der Waals surface area contributed by atoms with Gasteiger partial charge in [-0.1, -0.05) is 13.8 Å². The first-order chi connectivity index (χ1) is 11.1. The van der Waals surface area contributed by atoms with Crippen LogP contribution >= 0.6 is 0 Å². The van der Waals surface area contributed by atoms with Crippen LogP contribution in [0.15, 0.2) is 24.3 Å². The van der Waals surface area contributed by atoms with Crippen LogP contribution in [0.25, 0.3) is 0 Å². The molecule has 1 aromatic rings. The maximum absolute atomic E-state index is 12.0. The molecule has 136 valence electrons. The zero-order valence-electron chi connectivity index (χ0n) is 15.1. The smallest absolute Gasteiger partial charge is 0.225 e. The number of sulfonamides is 1. The van der Waals surface area contributed by atoms with Crippen molar-refractivity contribution in [1.82, 2.24) is 4.31 Å². The maximum atomic E-state index is 12.0. The van der Waals surface area contributed by atoms with Crippen molar-refractivity contribution in [3.8, 4) is 5.75 Å². The molecule has 0 heterocycles. The number of hydrogen-bond donors (Lipinski definition) is 1. The molecular formula is C17H28N2O4S. The van der Waals surface area contributed by atoms with E-state index in [0.29, 0.717) is 12.2 Å². The second-order valence-electron chi connectivity index (χ2n) is 6.50. The number of rotatable bonds is 9. The summed E-state index contributed by atoms with van der Waals surface area (Å²) in [5.74, 6) is 0.726. The first kappa shape index (κ1) is 20.4. The molecule has 0 unspecified atom stereocenters. The largest absolute Gasteiger partial charge is 0.491 e. The average Bonchev–Trinajstić information content (AvgIpc) is 2.43. The molecule has 0 aliphatic carbocycles. The van der Waals surface area contributed by atoms with Crippen LogP contribution < -0.4 is 10.1 Å². The lowest BCUT2D eigenvalue weighted by Gasteiger charge is -2.21. The second-order valence-corrected chi connectivity index (χ2v) is 8.49. The lowest BCUT2D eigenvalue weighted by atomic mass is 10.2. The van der Waals surface area contributed by atoms with Crippen LogP contribution in [0.4, 0.5) is 5.69 Å². The fraction of sp³-hybridized carbons (Fsp3) is 0.588. The summed E-state index contributed by atoms with van der Waals surface area (Å²) >= 11 is 0. The van der Waals surface area contributed by atoms with Gasteiger partial charge in [-0.05, 0) is 44.0 Å². The number of anilines is 1. The van der Waals surface area contributed by atoms with E-state index in [-0.39, 0.29) is 30.9 Å². The summed E-state index contributed by atoms with van der Waals surface area (Å²) in [4.78, 5) is 12.0. The predicted octanol–water partition coefficient (Wildman–Crippen LogP) is 2.72. The van der Waals surface area contributed by atoms with Gasteiger partial charge in [-0.15, -0.1) is 0 Å². The standard InChI is InChI=1S/C17H28N2O4S/c1-13(2)12-19(24(5,21)22)11-10-17(20)18-15-6-8-16(9-7-15)23-14(3)4/h6-9,13-14H,10-12H2,1-5H3,(H,18,20). The fourth-order valence-corrected chi connectivity index (χ4v) is 3.13. The minimum atomic E-state index is -3.31. The molecule has 1 rings (SSSR count). The molecule has 24 heavy (non-hydrogen) atoms. The highest BCUT2D eigenvalue weighted by Crippen LogP contribution is 2.17. The van der Waals surface area contributed by atoms with Gasteiger partial charge in [0.2, 0.25) is 15.9 Å². The third kappa shape index (κ3) is 7.79. The van der Waals surface area contributed by atoms with Crippen LogP contribution in [0.5, 0.6) is 5.75 Å². The summed E-state index contributed by atoms with van der Waals surface area (Å²) in [5, 5.41) is 2.77. The lowest BCUT2D eigenvalue weighted by Crippen LogP contribution is -2.35. The number of ether oxygens (including phenoxy) is 1. The Hall–Kier alpha value is -1.60. The number of amides is 1. The summed E-state index contributed by atoms with van der Waals surface area (Å²) in [6, 6.07) is 7.10. The second kappa shape index (κ2) is 9.03. The molecule has 1 aromatic carbocycles. The highest BCUT2D eigenvalue weighted by atomic mass is 32.2. The van der Waals surface area contributed by atoms with E-state index >= 15 is 0 Å². The molecule has 0 aliphatic rings. The summed E-state index contributed by atoms with van der Waals surface area (Å²) in [6.07, 6.45) is 1.37. The molecule has 0 bridgehead atoms. The van der Waals surface area contributed by atoms with Gasteiger partial charge in [0.05, 0.1) is 12.4 Å². The van der Waals surface area contributed by atoms with E-state index in [4.69, 9.17) is 4.74 Å². The van der Waals surface area contributed by atoms with Crippen molar-refractivity contribution in [2.24, 2.45) is 5.92 Å². The Morgan fingerprint density at radius 1 is 1.17 bits per heavy atom. The van der Waals surface area contributed by atoms with Gasteiger partial charge >= 0.3 is 0 Å². The van der Waals surface area contributed by atoms with E-state index in [2.05, 4.69) is 5.32 Å². The molecule has 0 aliphatic heterocycles. The number of hydrogen-bond acceptors (Lipinski definition) is 4. The predicted molar refractivity (Wildman–Crippen MR) is 96.7 cm³/mol. The molecule has 1 amide bonds. The Kier molecular flexibility index (Phi) is 7.69. The SMILES string of the molecule is CC(C)CN(CCC(=O)Nc1ccc(OC(C)C)cc1)S(C)(=O)=O. The molecule has 7 heteroatoms. The molecule has 0 aromatic heterocycles. The fourth-order valence-electron chi connectivity index (χ4n) is 2.14. The third-order valence-corrected chi connectivity index (χ3v) is 4.41. The van der Waals surface area contributed by atoms with E-state index in [1.54, 1.807) is 24.3 Å². The van der Waals surface area contributed by atoms with Crippen molar-refractivity contribution >= 4 is 21.6 Å². The molecule has 1 N–H and O–H groups in total. The van der Waals surface area contributed by atoms with Crippen LogP contribution in [-0.4, -0.2) is 44.1 Å². The Labute approximate surface area is 145 Å². The van der Waals surface area contributed by atoms with E-state index in [1.165, 1.54) is 10.6 Å². The Balaban J connectivity index is 2.56. The zero-order chi connectivity index (χ0) is 18.3. The van der Waals surface area contributed by atoms with Gasteiger partial charge in [-0.25, -0.2) is 12.7 Å². The Morgan fingerprint density at radius 2 is 1.75 bits per heavy atom. The van der Waals surface area contributed by atoms with Crippen LogP contribution in [0, 0.1) is 5.92 Å². The molecular weight excluding hydrogens is 328 g/mol. The third-order valence-electron chi connectivity index (χ3n) is 3.14. The lowest BCUT2D eigenvalue weighted by molar-refractivity contribution is -0.116. The van der Waals surface area contributed by atoms with Gasteiger partial charge in [-0.2, -0.15) is 0 Å². The zero-order valence-corrected chi connectivity index (χ0v) is 15.9. The number of carbonyl (C=O) groups is 1.